The zero-order chi connectivity index (χ0) is 23.0. The van der Waals surface area contributed by atoms with Crippen LogP contribution in [0.15, 0.2) is 52.4 Å². The van der Waals surface area contributed by atoms with Crippen LogP contribution in [0.2, 0.25) is 10.0 Å². The van der Waals surface area contributed by atoms with Crippen LogP contribution in [0.25, 0.3) is 0 Å². The standard InChI is InChI=1S/C17H9Cl2F3N4O4S/c18-8-5-13(14(24-7-8)15(27)12-3-4-23-16(28)25-12)26-31(29,30)9-1-2-11(19)10(6-9)17(20,21)22/h1-7,26H,(H,23,25,28). The third kappa shape index (κ3) is 5.03. The van der Waals surface area contributed by atoms with Crippen LogP contribution in [0.3, 0.4) is 0 Å². The van der Waals surface area contributed by atoms with Crippen molar-refractivity contribution in [1.82, 2.24) is 15.0 Å². The Hall–Kier alpha value is -2.96. The fourth-order valence-electron chi connectivity index (χ4n) is 2.42. The second-order valence-electron chi connectivity index (χ2n) is 5.91. The smallest absolute Gasteiger partial charge is 0.302 e. The molecule has 0 unspecified atom stereocenters. The first-order chi connectivity index (χ1) is 14.4. The lowest BCUT2D eigenvalue weighted by Gasteiger charge is -2.14. The number of H-pyrrole nitrogens is 1. The van der Waals surface area contributed by atoms with Crippen LogP contribution < -0.4 is 10.4 Å². The van der Waals surface area contributed by atoms with Crippen molar-refractivity contribution in [3.63, 3.8) is 0 Å². The maximum atomic E-state index is 13.1. The summed E-state index contributed by atoms with van der Waals surface area (Å²) in [6.07, 6.45) is -2.79. The molecular formula is C17H9Cl2F3N4O4S. The summed E-state index contributed by atoms with van der Waals surface area (Å²) in [6, 6.07) is 4.19. The zero-order valence-electron chi connectivity index (χ0n) is 14.9. The average molecular weight is 493 g/mol. The van der Waals surface area contributed by atoms with E-state index in [0.717, 1.165) is 36.7 Å². The lowest BCUT2D eigenvalue weighted by molar-refractivity contribution is -0.137. The number of alkyl halides is 3. The maximum absolute atomic E-state index is 13.1. The Labute approximate surface area is 182 Å². The molecule has 3 aromatic rings. The average Bonchev–Trinajstić information content (AvgIpc) is 2.66. The van der Waals surface area contributed by atoms with E-state index in [9.17, 15) is 31.2 Å². The van der Waals surface area contributed by atoms with E-state index in [-0.39, 0.29) is 10.7 Å². The highest BCUT2D eigenvalue weighted by Gasteiger charge is 2.34. The maximum Gasteiger partial charge on any atom is 0.417 e. The third-order valence-corrected chi connectivity index (χ3v) is 5.69. The van der Waals surface area contributed by atoms with Gasteiger partial charge in [-0.25, -0.2) is 23.2 Å². The topological polar surface area (TPSA) is 122 Å². The number of nitrogens with zero attached hydrogens (tertiary/aromatic N) is 2. The number of benzene rings is 1. The van der Waals surface area contributed by atoms with Crippen LogP contribution in [0, 0.1) is 0 Å². The van der Waals surface area contributed by atoms with Gasteiger partial charge in [0.2, 0.25) is 5.78 Å². The number of carbonyl (C=O) groups is 1. The van der Waals surface area contributed by atoms with Gasteiger partial charge < -0.3 is 4.98 Å². The molecule has 0 saturated heterocycles. The van der Waals surface area contributed by atoms with Crippen LogP contribution in [-0.2, 0) is 16.2 Å². The molecule has 0 amide bonds. The second-order valence-corrected chi connectivity index (χ2v) is 8.44. The van der Waals surface area contributed by atoms with Crippen LogP contribution >= 0.6 is 23.2 Å². The first-order valence-corrected chi connectivity index (χ1v) is 10.3. The molecule has 8 nitrogen and oxygen atoms in total. The predicted octanol–water partition coefficient (Wildman–Crippen LogP) is 3.52. The minimum atomic E-state index is -4.89. The Balaban J connectivity index is 2.06. The molecule has 0 spiro atoms. The second kappa shape index (κ2) is 8.29. The molecule has 14 heteroatoms. The molecule has 2 N–H and O–H groups in total. The molecule has 162 valence electrons. The summed E-state index contributed by atoms with van der Waals surface area (Å²) in [5.41, 5.74) is -3.31. The molecule has 0 radical (unpaired) electrons. The molecule has 0 aliphatic heterocycles. The minimum absolute atomic E-state index is 0.0652. The number of hydrogen-bond donors (Lipinski definition) is 2. The van der Waals surface area contributed by atoms with Gasteiger partial charge in [-0.15, -0.1) is 0 Å². The fourth-order valence-corrected chi connectivity index (χ4v) is 3.88. The Morgan fingerprint density at radius 3 is 2.45 bits per heavy atom. The number of carbonyl (C=O) groups excluding carboxylic acids is 1. The fraction of sp³-hybridized carbons (Fsp3) is 0.0588. The van der Waals surface area contributed by atoms with Crippen LogP contribution in [0.5, 0.6) is 0 Å². The number of pyridine rings is 1. The van der Waals surface area contributed by atoms with E-state index in [1.165, 1.54) is 0 Å². The monoisotopic (exact) mass is 492 g/mol. The number of aromatic nitrogens is 3. The number of hydrogen-bond acceptors (Lipinski definition) is 6. The van der Waals surface area contributed by atoms with Crippen molar-refractivity contribution in [1.29, 1.82) is 0 Å². The van der Waals surface area contributed by atoms with Gasteiger partial charge in [-0.1, -0.05) is 23.2 Å². The minimum Gasteiger partial charge on any atom is -0.302 e. The highest BCUT2D eigenvalue weighted by atomic mass is 35.5. The van der Waals surface area contributed by atoms with Crippen LogP contribution in [-0.4, -0.2) is 29.2 Å². The number of rotatable bonds is 5. The van der Waals surface area contributed by atoms with Crippen LogP contribution in [0.4, 0.5) is 18.9 Å². The molecule has 31 heavy (non-hydrogen) atoms. The highest BCUT2D eigenvalue weighted by Crippen LogP contribution is 2.36. The van der Waals surface area contributed by atoms with E-state index in [2.05, 4.69) is 15.0 Å². The summed E-state index contributed by atoms with van der Waals surface area (Å²) in [5, 5.41) is -0.752. The Morgan fingerprint density at radius 2 is 1.81 bits per heavy atom. The molecule has 2 heterocycles. The summed E-state index contributed by atoms with van der Waals surface area (Å²) in [5.74, 6) is -0.888. The Morgan fingerprint density at radius 1 is 1.10 bits per heavy atom. The highest BCUT2D eigenvalue weighted by molar-refractivity contribution is 7.92. The van der Waals surface area contributed by atoms with Crippen molar-refractivity contribution in [2.45, 2.75) is 11.1 Å². The molecule has 0 atom stereocenters. The summed E-state index contributed by atoms with van der Waals surface area (Å²) >= 11 is 11.3. The first kappa shape index (κ1) is 22.7. The number of sulfonamides is 1. The molecule has 0 aliphatic carbocycles. The summed E-state index contributed by atoms with van der Waals surface area (Å²) in [7, 11) is -4.62. The van der Waals surface area contributed by atoms with E-state index in [4.69, 9.17) is 23.2 Å². The first-order valence-electron chi connectivity index (χ1n) is 8.03. The van der Waals surface area contributed by atoms with Crippen molar-refractivity contribution in [3.05, 3.63) is 80.2 Å². The lowest BCUT2D eigenvalue weighted by Crippen LogP contribution is -2.20. The van der Waals surface area contributed by atoms with Gasteiger partial charge in [-0.05, 0) is 30.3 Å². The van der Waals surface area contributed by atoms with Gasteiger partial charge in [0.25, 0.3) is 10.0 Å². The number of aromatic amines is 1. The molecular weight excluding hydrogens is 484 g/mol. The van der Waals surface area contributed by atoms with Crippen molar-refractivity contribution >= 4 is 44.7 Å². The molecule has 2 aromatic heterocycles. The van der Waals surface area contributed by atoms with Gasteiger partial charge in [-0.2, -0.15) is 13.2 Å². The molecule has 0 bridgehead atoms. The predicted molar refractivity (Wildman–Crippen MR) is 105 cm³/mol. The lowest BCUT2D eigenvalue weighted by atomic mass is 10.1. The van der Waals surface area contributed by atoms with Crippen molar-refractivity contribution in [2.24, 2.45) is 0 Å². The van der Waals surface area contributed by atoms with Gasteiger partial charge in [0.05, 0.1) is 31.9 Å². The normalized spacial score (nSPS) is 11.9. The molecule has 0 saturated carbocycles. The van der Waals surface area contributed by atoms with E-state index in [0.29, 0.717) is 6.07 Å². The van der Waals surface area contributed by atoms with Crippen molar-refractivity contribution < 1.29 is 26.4 Å². The van der Waals surface area contributed by atoms with Crippen LogP contribution in [0.1, 0.15) is 21.7 Å². The largest absolute Gasteiger partial charge is 0.417 e. The number of halogens is 5. The van der Waals surface area contributed by atoms with Gasteiger partial charge in [0, 0.05) is 12.4 Å². The SMILES string of the molecule is O=C(c1ccnc(=O)[nH]1)c1ncc(Cl)cc1NS(=O)(=O)c1ccc(Cl)c(C(F)(F)F)c1. The van der Waals surface area contributed by atoms with E-state index >= 15 is 0 Å². The van der Waals surface area contributed by atoms with Crippen molar-refractivity contribution in [2.75, 3.05) is 4.72 Å². The zero-order valence-corrected chi connectivity index (χ0v) is 17.2. The van der Waals surface area contributed by atoms with E-state index in [1.807, 2.05) is 4.72 Å². The van der Waals surface area contributed by atoms with Gasteiger partial charge in [-0.3, -0.25) is 9.52 Å². The number of anilines is 1. The third-order valence-electron chi connectivity index (χ3n) is 3.79. The van der Waals surface area contributed by atoms with Crippen molar-refractivity contribution in [3.8, 4) is 0 Å². The van der Waals surface area contributed by atoms with Gasteiger partial charge >= 0.3 is 11.9 Å². The Kier molecular flexibility index (Phi) is 6.07. The summed E-state index contributed by atoms with van der Waals surface area (Å²) in [4.78, 5) is 32.6. The number of ketones is 1. The Bertz CT molecular complexity index is 1340. The molecule has 3 rings (SSSR count). The molecule has 1 aromatic carbocycles. The summed E-state index contributed by atoms with van der Waals surface area (Å²) in [6.45, 7) is 0. The summed E-state index contributed by atoms with van der Waals surface area (Å²) < 4.78 is 66.6. The van der Waals surface area contributed by atoms with Gasteiger partial charge in [0.15, 0.2) is 0 Å². The van der Waals surface area contributed by atoms with E-state index in [1.54, 1.807) is 0 Å². The molecule has 0 fully saturated rings. The van der Waals surface area contributed by atoms with Gasteiger partial charge in [0.1, 0.15) is 5.69 Å². The quantitative estimate of drug-likeness (QED) is 0.525. The number of nitrogens with one attached hydrogen (secondary N) is 2. The molecule has 0 aliphatic rings. The van der Waals surface area contributed by atoms with E-state index < -0.39 is 54.5 Å².